The summed E-state index contributed by atoms with van der Waals surface area (Å²) in [6, 6.07) is -0.835. The lowest BCUT2D eigenvalue weighted by Gasteiger charge is -2.29. The predicted octanol–water partition coefficient (Wildman–Crippen LogP) is 5.55. The highest BCUT2D eigenvalue weighted by Gasteiger charge is 2.32. The van der Waals surface area contributed by atoms with Gasteiger partial charge in [-0.25, -0.2) is 9.59 Å². The third-order valence-electron chi connectivity index (χ3n) is 6.52. The molecule has 0 fully saturated rings. The number of alkyl carbamates (subject to hydrolysis) is 1. The van der Waals surface area contributed by atoms with Gasteiger partial charge in [0.2, 0.25) is 11.8 Å². The molecule has 4 atom stereocenters. The van der Waals surface area contributed by atoms with Crippen molar-refractivity contribution in [1.29, 1.82) is 0 Å². The van der Waals surface area contributed by atoms with E-state index in [1.165, 1.54) is 19.4 Å². The maximum Gasteiger partial charge on any atom is 0.407 e. The fraction of sp³-hybridized carbons (Fsp3) is 0.529. The van der Waals surface area contributed by atoms with Crippen molar-refractivity contribution in [2.24, 2.45) is 11.3 Å². The van der Waals surface area contributed by atoms with Crippen molar-refractivity contribution in [3.63, 3.8) is 0 Å². The van der Waals surface area contributed by atoms with Crippen LogP contribution in [0.4, 0.5) is 4.79 Å². The Morgan fingerprint density at radius 3 is 2.32 bits per heavy atom. The zero-order valence-corrected chi connectivity index (χ0v) is 27.6. The molecule has 0 radical (unpaired) electrons. The average Bonchev–Trinajstić information content (AvgIpc) is 2.93. The predicted molar refractivity (Wildman–Crippen MR) is 172 cm³/mol. The molecule has 1 aliphatic rings. The van der Waals surface area contributed by atoms with Crippen LogP contribution >= 0.6 is 0 Å². The lowest BCUT2D eigenvalue weighted by molar-refractivity contribution is -0.151. The van der Waals surface area contributed by atoms with Gasteiger partial charge >= 0.3 is 12.1 Å². The van der Waals surface area contributed by atoms with E-state index in [1.807, 2.05) is 79.7 Å². The summed E-state index contributed by atoms with van der Waals surface area (Å²) < 4.78 is 15.9. The molecule has 3 amide bonds. The van der Waals surface area contributed by atoms with Crippen molar-refractivity contribution >= 4 is 23.9 Å². The second-order valence-electron chi connectivity index (χ2n) is 12.0. The summed E-state index contributed by atoms with van der Waals surface area (Å²) in [5, 5.41) is 8.22. The van der Waals surface area contributed by atoms with E-state index in [4.69, 9.17) is 14.2 Å². The Morgan fingerprint density at radius 2 is 1.73 bits per heavy atom. The van der Waals surface area contributed by atoms with Gasteiger partial charge in [-0.05, 0) is 45.4 Å². The van der Waals surface area contributed by atoms with Crippen molar-refractivity contribution in [3.8, 4) is 0 Å². The Balaban J connectivity index is 2.71. The van der Waals surface area contributed by atoms with Gasteiger partial charge < -0.3 is 30.2 Å². The first-order chi connectivity index (χ1) is 20.7. The summed E-state index contributed by atoms with van der Waals surface area (Å²) in [7, 11) is 1.44. The summed E-state index contributed by atoms with van der Waals surface area (Å²) in [6.07, 6.45) is 17.7. The summed E-state index contributed by atoms with van der Waals surface area (Å²) >= 11 is 0. The molecule has 0 aromatic carbocycles. The molecule has 1 aliphatic heterocycles. The van der Waals surface area contributed by atoms with Crippen LogP contribution in [0.3, 0.4) is 0 Å². The fourth-order valence-electron chi connectivity index (χ4n) is 4.18. The molecular weight excluding hydrogens is 562 g/mol. The van der Waals surface area contributed by atoms with Gasteiger partial charge in [-0.1, -0.05) is 75.8 Å². The number of cyclic esters (lactones) is 1. The fourth-order valence-corrected chi connectivity index (χ4v) is 4.18. The molecule has 44 heavy (non-hydrogen) atoms. The minimum Gasteiger partial charge on any atom is -0.490 e. The van der Waals surface area contributed by atoms with Crippen LogP contribution in [0.2, 0.25) is 0 Å². The van der Waals surface area contributed by atoms with Crippen LogP contribution in [0.25, 0.3) is 0 Å². The number of methoxy groups -OCH3 is 1. The molecular formula is C34H51N3O7. The van der Waals surface area contributed by atoms with E-state index in [-0.39, 0.29) is 35.8 Å². The molecule has 1 heterocycles. The molecule has 10 nitrogen and oxygen atoms in total. The first-order valence-corrected chi connectivity index (χ1v) is 15.0. The third-order valence-corrected chi connectivity index (χ3v) is 6.52. The van der Waals surface area contributed by atoms with Crippen LogP contribution in [-0.4, -0.2) is 55.3 Å². The Bertz CT molecular complexity index is 1160. The Morgan fingerprint density at radius 1 is 1.07 bits per heavy atom. The summed E-state index contributed by atoms with van der Waals surface area (Å²) in [5.41, 5.74) is 0.388. The zero-order chi connectivity index (χ0) is 33.3. The largest absolute Gasteiger partial charge is 0.490 e. The Hall–Kier alpha value is -4.08. The smallest absolute Gasteiger partial charge is 0.407 e. The molecule has 0 aromatic rings. The highest BCUT2D eigenvalue weighted by atomic mass is 16.6. The highest BCUT2D eigenvalue weighted by Crippen LogP contribution is 2.23. The molecule has 244 valence electrons. The van der Waals surface area contributed by atoms with E-state index in [9.17, 15) is 19.2 Å². The average molecular weight is 614 g/mol. The van der Waals surface area contributed by atoms with Gasteiger partial charge in [0.25, 0.3) is 0 Å². The van der Waals surface area contributed by atoms with Crippen LogP contribution in [0.5, 0.6) is 0 Å². The summed E-state index contributed by atoms with van der Waals surface area (Å²) in [6.45, 7) is 15.1. The van der Waals surface area contributed by atoms with Crippen LogP contribution in [0.1, 0.15) is 74.7 Å². The topological polar surface area (TPSA) is 132 Å². The van der Waals surface area contributed by atoms with Gasteiger partial charge in [0.05, 0.1) is 7.11 Å². The third kappa shape index (κ3) is 14.9. The van der Waals surface area contributed by atoms with Gasteiger partial charge in [-0.2, -0.15) is 0 Å². The number of nitrogens with one attached hydrogen (secondary N) is 3. The van der Waals surface area contributed by atoms with E-state index in [0.717, 1.165) is 5.57 Å². The number of ether oxygens (including phenoxy) is 3. The number of allylic oxidation sites excluding steroid dienone is 5. The lowest BCUT2D eigenvalue weighted by atomic mass is 9.86. The van der Waals surface area contributed by atoms with E-state index in [1.54, 1.807) is 24.3 Å². The summed E-state index contributed by atoms with van der Waals surface area (Å²) in [5.74, 6) is -1.02. The molecule has 0 aliphatic carbocycles. The zero-order valence-electron chi connectivity index (χ0n) is 27.6. The molecule has 0 saturated carbocycles. The van der Waals surface area contributed by atoms with Crippen molar-refractivity contribution < 1.29 is 33.4 Å². The van der Waals surface area contributed by atoms with Crippen LogP contribution in [-0.2, 0) is 28.6 Å². The van der Waals surface area contributed by atoms with E-state index < -0.39 is 29.4 Å². The van der Waals surface area contributed by atoms with Crippen molar-refractivity contribution in [1.82, 2.24) is 16.0 Å². The van der Waals surface area contributed by atoms with E-state index in [2.05, 4.69) is 16.0 Å². The second kappa shape index (κ2) is 19.2. The second-order valence-corrected chi connectivity index (χ2v) is 12.0. The van der Waals surface area contributed by atoms with Crippen LogP contribution < -0.4 is 16.0 Å². The standard InChI is InChI=1S/C34H51N3O7/c1-10-11-16-26(43-33(41)36-23(2)3)17-14-21-35-31(39)30(34(6,7)8)37-29(38)18-13-12-15-24(4)22-25(5)27-19-20-28(42-9)32(40)44-27/h10-15,18,20-23,25-27,30H,16-17,19H2,1-9H3,(H,35,39)(H,36,41)(H,37,38)/b11-10-,15-12-,18-13-,21-14-,24-22+/t25-,26-,27-,30+/m0/s1. The maximum absolute atomic E-state index is 13.0. The number of carbonyl (C=O) groups excluding carboxylic acids is 4. The molecule has 0 spiro atoms. The first-order valence-electron chi connectivity index (χ1n) is 15.0. The number of hydrogen-bond donors (Lipinski definition) is 3. The monoisotopic (exact) mass is 613 g/mol. The van der Waals surface area contributed by atoms with Crippen LogP contribution in [0, 0.1) is 11.3 Å². The minimum absolute atomic E-state index is 0.0124. The van der Waals surface area contributed by atoms with Crippen molar-refractivity contribution in [2.75, 3.05) is 7.11 Å². The Labute approximate surface area is 262 Å². The normalized spacial score (nSPS) is 18.3. The molecule has 0 aromatic heterocycles. The molecule has 10 heteroatoms. The molecule has 0 bridgehead atoms. The lowest BCUT2D eigenvalue weighted by Crippen LogP contribution is -2.52. The van der Waals surface area contributed by atoms with Crippen molar-refractivity contribution in [2.45, 2.75) is 98.9 Å². The maximum atomic E-state index is 13.0. The molecule has 1 rings (SSSR count). The number of esters is 1. The summed E-state index contributed by atoms with van der Waals surface area (Å²) in [4.78, 5) is 49.5. The van der Waals surface area contributed by atoms with Gasteiger partial charge in [-0.3, -0.25) is 9.59 Å². The Kier molecular flexibility index (Phi) is 16.6. The van der Waals surface area contributed by atoms with Gasteiger partial charge in [0.1, 0.15) is 18.2 Å². The number of hydrogen-bond acceptors (Lipinski definition) is 7. The number of carbonyl (C=O) groups is 4. The SMILES string of the molecule is C/C=C\C[C@@H](C/C=C\NC(=O)[C@@H](NC(=O)\C=C/C=C\C(C)=C\[C@H](C)[C@@H]1CC=C(OC)C(=O)O1)C(C)(C)C)OC(=O)NC(C)C. The van der Waals surface area contributed by atoms with Crippen LogP contribution in [0.15, 0.2) is 72.2 Å². The van der Waals surface area contributed by atoms with Crippen molar-refractivity contribution in [3.05, 3.63) is 72.2 Å². The van der Waals surface area contributed by atoms with E-state index in [0.29, 0.717) is 19.3 Å². The highest BCUT2D eigenvalue weighted by molar-refractivity contribution is 5.93. The van der Waals surface area contributed by atoms with Gasteiger partial charge in [0.15, 0.2) is 5.76 Å². The minimum atomic E-state index is -0.798. The molecule has 0 unspecified atom stereocenters. The number of amides is 3. The van der Waals surface area contributed by atoms with Gasteiger partial charge in [-0.15, -0.1) is 0 Å². The van der Waals surface area contributed by atoms with Gasteiger partial charge in [0, 0.05) is 37.3 Å². The molecule has 0 saturated heterocycles. The van der Waals surface area contributed by atoms with E-state index >= 15 is 0 Å². The quantitative estimate of drug-likeness (QED) is 0.0955. The number of rotatable bonds is 15. The molecule has 3 N–H and O–H groups in total. The first kappa shape index (κ1) is 37.9.